The monoisotopic (exact) mass is 389 g/mol. The van der Waals surface area contributed by atoms with Crippen molar-refractivity contribution in [3.8, 4) is 21.8 Å². The van der Waals surface area contributed by atoms with E-state index in [1.54, 1.807) is 12.3 Å². The van der Waals surface area contributed by atoms with Crippen molar-refractivity contribution in [2.24, 2.45) is 0 Å². The lowest BCUT2D eigenvalue weighted by Crippen LogP contribution is -2.23. The number of aromatic amines is 1. The summed E-state index contributed by atoms with van der Waals surface area (Å²) in [6, 6.07) is 18.1. The molecular weight excluding hydrogens is 374 g/mol. The van der Waals surface area contributed by atoms with Crippen LogP contribution in [0.5, 0.6) is 0 Å². The third-order valence-corrected chi connectivity index (χ3v) is 5.01. The third-order valence-electron chi connectivity index (χ3n) is 3.94. The van der Waals surface area contributed by atoms with Crippen molar-refractivity contribution >= 4 is 17.2 Å². The first-order valence-electron chi connectivity index (χ1n) is 8.51. The predicted molar refractivity (Wildman–Crippen MR) is 107 cm³/mol. The summed E-state index contributed by atoms with van der Waals surface area (Å²) in [5, 5.41) is 9.67. The number of pyridine rings is 1. The highest BCUT2D eigenvalue weighted by Gasteiger charge is 2.20. The third kappa shape index (κ3) is 3.86. The summed E-state index contributed by atoms with van der Waals surface area (Å²) in [7, 11) is 0. The van der Waals surface area contributed by atoms with Gasteiger partial charge in [0.25, 0.3) is 11.5 Å². The zero-order chi connectivity index (χ0) is 19.3. The number of aromatic nitrogens is 4. The highest BCUT2D eigenvalue weighted by molar-refractivity contribution is 7.17. The molecule has 0 fully saturated rings. The number of carbonyl (C=O) groups excluding carboxylic acids is 1. The lowest BCUT2D eigenvalue weighted by molar-refractivity contribution is 0.0950. The van der Waals surface area contributed by atoms with E-state index >= 15 is 0 Å². The Morgan fingerprint density at radius 1 is 1.04 bits per heavy atom. The van der Waals surface area contributed by atoms with Gasteiger partial charge in [-0.3, -0.25) is 14.6 Å². The van der Waals surface area contributed by atoms with E-state index in [1.807, 2.05) is 48.5 Å². The van der Waals surface area contributed by atoms with E-state index in [9.17, 15) is 9.59 Å². The largest absolute Gasteiger partial charge is 0.344 e. The summed E-state index contributed by atoms with van der Waals surface area (Å²) in [6.07, 6.45) is 1.68. The van der Waals surface area contributed by atoms with E-state index in [1.165, 1.54) is 17.4 Å². The van der Waals surface area contributed by atoms with Crippen LogP contribution in [0.25, 0.3) is 21.8 Å². The lowest BCUT2D eigenvalue weighted by Gasteiger charge is -2.01. The Kier molecular flexibility index (Phi) is 5.03. The molecule has 0 aliphatic heterocycles. The Balaban J connectivity index is 1.67. The van der Waals surface area contributed by atoms with Gasteiger partial charge in [0.15, 0.2) is 5.01 Å². The van der Waals surface area contributed by atoms with Crippen LogP contribution in [0.3, 0.4) is 0 Å². The van der Waals surface area contributed by atoms with Gasteiger partial charge in [-0.05, 0) is 18.2 Å². The van der Waals surface area contributed by atoms with Gasteiger partial charge in [0.05, 0.1) is 22.8 Å². The Bertz CT molecular complexity index is 1140. The minimum Gasteiger partial charge on any atom is -0.344 e. The van der Waals surface area contributed by atoms with E-state index < -0.39 is 0 Å². The Hall–Kier alpha value is -3.65. The van der Waals surface area contributed by atoms with Crippen LogP contribution in [0.2, 0.25) is 0 Å². The Labute approximate surface area is 164 Å². The number of nitrogens with one attached hydrogen (secondary N) is 2. The molecule has 4 aromatic rings. The Morgan fingerprint density at radius 3 is 2.57 bits per heavy atom. The van der Waals surface area contributed by atoms with Crippen LogP contribution in [-0.4, -0.2) is 26.1 Å². The standard InChI is InChI=1S/C20H15N5O2S/c26-16-10-9-15(24-25-16)18-17(13-6-2-1-3-7-13)23-20(28-18)19(27)22-12-14-8-4-5-11-21-14/h1-11H,12H2,(H,22,27)(H,25,26). The van der Waals surface area contributed by atoms with Crippen molar-refractivity contribution in [1.29, 1.82) is 0 Å². The molecule has 2 N–H and O–H groups in total. The van der Waals surface area contributed by atoms with Crippen LogP contribution in [0.15, 0.2) is 71.7 Å². The van der Waals surface area contributed by atoms with Crippen LogP contribution >= 0.6 is 11.3 Å². The van der Waals surface area contributed by atoms with Crippen molar-refractivity contribution in [1.82, 2.24) is 25.5 Å². The molecule has 1 amide bonds. The fourth-order valence-electron chi connectivity index (χ4n) is 2.60. The van der Waals surface area contributed by atoms with Gasteiger partial charge < -0.3 is 5.32 Å². The first-order valence-corrected chi connectivity index (χ1v) is 9.33. The molecule has 0 aliphatic rings. The van der Waals surface area contributed by atoms with Crippen LogP contribution < -0.4 is 10.9 Å². The minimum absolute atomic E-state index is 0.288. The van der Waals surface area contributed by atoms with Crippen LogP contribution in [0.4, 0.5) is 0 Å². The second-order valence-electron chi connectivity index (χ2n) is 5.87. The Morgan fingerprint density at radius 2 is 1.86 bits per heavy atom. The second-order valence-corrected chi connectivity index (χ2v) is 6.87. The number of carbonyl (C=O) groups is 1. The lowest BCUT2D eigenvalue weighted by atomic mass is 10.1. The van der Waals surface area contributed by atoms with Crippen molar-refractivity contribution in [3.63, 3.8) is 0 Å². The van der Waals surface area contributed by atoms with Gasteiger partial charge in [-0.25, -0.2) is 10.1 Å². The van der Waals surface area contributed by atoms with E-state index in [-0.39, 0.29) is 11.5 Å². The molecule has 8 heteroatoms. The van der Waals surface area contributed by atoms with E-state index in [0.717, 1.165) is 11.3 Å². The molecule has 3 heterocycles. The molecule has 0 saturated heterocycles. The highest BCUT2D eigenvalue weighted by Crippen LogP contribution is 2.35. The number of H-pyrrole nitrogens is 1. The maximum atomic E-state index is 12.6. The second kappa shape index (κ2) is 7.93. The zero-order valence-corrected chi connectivity index (χ0v) is 15.4. The summed E-state index contributed by atoms with van der Waals surface area (Å²) >= 11 is 1.23. The average Bonchev–Trinajstić information content (AvgIpc) is 3.19. The molecule has 7 nitrogen and oxygen atoms in total. The van der Waals surface area contributed by atoms with Crippen LogP contribution in [0, 0.1) is 0 Å². The smallest absolute Gasteiger partial charge is 0.280 e. The number of hydrogen-bond acceptors (Lipinski definition) is 6. The normalized spacial score (nSPS) is 10.6. The summed E-state index contributed by atoms with van der Waals surface area (Å²) in [4.78, 5) is 33.4. The number of nitrogens with zero attached hydrogens (tertiary/aromatic N) is 3. The zero-order valence-electron chi connectivity index (χ0n) is 14.6. The summed E-state index contributed by atoms with van der Waals surface area (Å²) in [6.45, 7) is 0.312. The molecule has 138 valence electrons. The van der Waals surface area contributed by atoms with Crippen molar-refractivity contribution in [2.45, 2.75) is 6.54 Å². The molecule has 0 unspecified atom stereocenters. The first-order chi connectivity index (χ1) is 13.7. The summed E-state index contributed by atoms with van der Waals surface area (Å²) < 4.78 is 0. The fraction of sp³-hybridized carbons (Fsp3) is 0.0500. The van der Waals surface area contributed by atoms with Gasteiger partial charge in [0.2, 0.25) is 0 Å². The van der Waals surface area contributed by atoms with E-state index in [4.69, 9.17) is 0 Å². The van der Waals surface area contributed by atoms with Gasteiger partial charge in [-0.1, -0.05) is 36.4 Å². The molecule has 0 spiro atoms. The molecule has 0 atom stereocenters. The van der Waals surface area contributed by atoms with Crippen LogP contribution in [0.1, 0.15) is 15.5 Å². The number of thiazole rings is 1. The van der Waals surface area contributed by atoms with Gasteiger partial charge in [-0.2, -0.15) is 5.10 Å². The highest BCUT2D eigenvalue weighted by atomic mass is 32.1. The minimum atomic E-state index is -0.289. The molecule has 0 bridgehead atoms. The fourth-order valence-corrected chi connectivity index (χ4v) is 3.58. The SMILES string of the molecule is O=C(NCc1ccccn1)c1nc(-c2ccccc2)c(-c2ccc(=O)[nH]n2)s1. The topological polar surface area (TPSA) is 101 Å². The summed E-state index contributed by atoms with van der Waals surface area (Å²) in [5.41, 5.74) is 2.54. The molecule has 0 radical (unpaired) electrons. The molecular formula is C20H15N5O2S. The predicted octanol–water partition coefficient (Wildman–Crippen LogP) is 2.89. The molecule has 0 saturated carbocycles. The molecule has 4 rings (SSSR count). The molecule has 0 aliphatic carbocycles. The first kappa shape index (κ1) is 17.7. The van der Waals surface area contributed by atoms with E-state index in [0.29, 0.717) is 27.8 Å². The number of hydrogen-bond donors (Lipinski definition) is 2. The van der Waals surface area contributed by atoms with Gasteiger partial charge >= 0.3 is 0 Å². The van der Waals surface area contributed by atoms with Gasteiger partial charge in [0.1, 0.15) is 5.69 Å². The number of rotatable bonds is 5. The van der Waals surface area contributed by atoms with Crippen molar-refractivity contribution in [2.75, 3.05) is 0 Å². The molecule has 3 aromatic heterocycles. The average molecular weight is 389 g/mol. The maximum Gasteiger partial charge on any atom is 0.280 e. The van der Waals surface area contributed by atoms with Crippen molar-refractivity contribution < 1.29 is 4.79 Å². The molecule has 1 aromatic carbocycles. The maximum absolute atomic E-state index is 12.6. The summed E-state index contributed by atoms with van der Waals surface area (Å²) in [5.74, 6) is -0.288. The van der Waals surface area contributed by atoms with Crippen LogP contribution in [-0.2, 0) is 6.54 Å². The van der Waals surface area contributed by atoms with Crippen molar-refractivity contribution in [3.05, 3.63) is 87.9 Å². The quantitative estimate of drug-likeness (QED) is 0.547. The van der Waals surface area contributed by atoms with Gasteiger partial charge in [0, 0.05) is 17.8 Å². The van der Waals surface area contributed by atoms with E-state index in [2.05, 4.69) is 25.5 Å². The molecule has 28 heavy (non-hydrogen) atoms. The van der Waals surface area contributed by atoms with Gasteiger partial charge in [-0.15, -0.1) is 11.3 Å². The number of amides is 1. The number of benzene rings is 1.